The fourth-order valence-electron chi connectivity index (χ4n) is 11.9. The standard InChI is InChI=1S/C66H84N18O15/c1-34(2)24-47(57(91)77-46(14-8-22-72-65(68)69)63(97)84-23-9-15-53(84)55(89)66(70,64(67)98)99-35(3)86)78-59(93)49(26-37-29-73-43-12-6-4-10-41(37)43)80-58(92)48(25-36-16-18-40(87)19-17-36)79-62(96)52(32-85)83-60(94)50(27-38-30-74-44-13-7-5-11-42(38)44)81-61(95)51(28-39-31-71-33-75-39)82-56(90)45-20-21-54(88)76-45/h4-7,10-13,16-19,29-31,33-34,45-53,73-74,85,87H,8-9,14-15,20-28,32,70H2,1-3H3,(H2,67,98)(H,71,75)(H,76,88)(H,77,91)(H,78,93)(H,79,96)(H,80,92)(H,81,95)(H,82,90)(H,83,94)(H4,68,69,72)/t45-,46+,47+,48-,49-,50-,51-,52-,53+,66?/m1/s1. The third-order valence-corrected chi connectivity index (χ3v) is 17.0. The van der Waals surface area contributed by atoms with E-state index in [4.69, 9.17) is 27.7 Å². The molecule has 33 nitrogen and oxygen atoms in total. The highest BCUT2D eigenvalue weighted by Crippen LogP contribution is 2.26. The number of primary amides is 1. The minimum atomic E-state index is -2.95. The highest BCUT2D eigenvalue weighted by molar-refractivity contribution is 6.12. The van der Waals surface area contributed by atoms with Crippen LogP contribution in [-0.2, 0) is 88.0 Å². The number of hydrogen-bond donors (Lipinski definition) is 17. The summed E-state index contributed by atoms with van der Waals surface area (Å²) in [5, 5.41) is 43.9. The van der Waals surface area contributed by atoms with Gasteiger partial charge in [-0.25, -0.2) is 4.98 Å². The van der Waals surface area contributed by atoms with Crippen molar-refractivity contribution in [1.29, 1.82) is 0 Å². The van der Waals surface area contributed by atoms with Gasteiger partial charge in [0.2, 0.25) is 58.9 Å². The molecule has 2 fully saturated rings. The quantitative estimate of drug-likeness (QED) is 0.00491. The van der Waals surface area contributed by atoms with E-state index in [9.17, 15) is 58.2 Å². The van der Waals surface area contributed by atoms with Crippen molar-refractivity contribution in [3.63, 3.8) is 0 Å². The number of nitrogens with two attached hydrogens (primary N) is 4. The van der Waals surface area contributed by atoms with Gasteiger partial charge in [-0.1, -0.05) is 62.4 Å². The molecule has 528 valence electrons. The van der Waals surface area contributed by atoms with E-state index in [1.165, 1.54) is 36.8 Å². The summed E-state index contributed by atoms with van der Waals surface area (Å²) in [4.78, 5) is 186. The number of aliphatic hydroxyl groups is 1. The van der Waals surface area contributed by atoms with Crippen molar-refractivity contribution in [2.24, 2.45) is 33.8 Å². The maximum absolute atomic E-state index is 15.2. The molecule has 8 rings (SSSR count). The lowest BCUT2D eigenvalue weighted by Crippen LogP contribution is -2.66. The summed E-state index contributed by atoms with van der Waals surface area (Å²) in [5.41, 5.74) is 22.9. The third kappa shape index (κ3) is 19.5. The molecule has 33 heteroatoms. The predicted molar refractivity (Wildman–Crippen MR) is 357 cm³/mol. The molecule has 21 N–H and O–H groups in total. The number of para-hydroxylation sites is 2. The van der Waals surface area contributed by atoms with Crippen molar-refractivity contribution in [1.82, 2.24) is 67.4 Å². The number of esters is 1. The van der Waals surface area contributed by atoms with Crippen LogP contribution in [-0.4, -0.2) is 192 Å². The van der Waals surface area contributed by atoms with Crippen LogP contribution in [0.4, 0.5) is 0 Å². The summed E-state index contributed by atoms with van der Waals surface area (Å²) in [6.07, 6.45) is 5.53. The van der Waals surface area contributed by atoms with Crippen LogP contribution in [0.3, 0.4) is 0 Å². The number of likely N-dealkylation sites (tertiary alicyclic amines) is 1. The van der Waals surface area contributed by atoms with E-state index in [0.717, 1.165) is 11.8 Å². The lowest BCUT2D eigenvalue weighted by atomic mass is 9.98. The summed E-state index contributed by atoms with van der Waals surface area (Å²) in [6.45, 7) is 3.30. The Morgan fingerprint density at radius 1 is 0.677 bits per heavy atom. The van der Waals surface area contributed by atoms with Gasteiger partial charge >= 0.3 is 11.7 Å². The van der Waals surface area contributed by atoms with E-state index in [1.54, 1.807) is 74.8 Å². The van der Waals surface area contributed by atoms with Crippen LogP contribution in [0.15, 0.2) is 103 Å². The second kappa shape index (κ2) is 33.6. The predicted octanol–water partition coefficient (Wildman–Crippen LogP) is -2.62. The number of aromatic hydroxyl groups is 1. The number of aliphatic imine (C=N–C) groups is 1. The number of aliphatic hydroxyl groups excluding tert-OH is 1. The summed E-state index contributed by atoms with van der Waals surface area (Å²) in [5.74, 6) is -12.0. The number of hydrogen-bond acceptors (Lipinski definition) is 18. The number of amides is 10. The summed E-state index contributed by atoms with van der Waals surface area (Å²) >= 11 is 0. The van der Waals surface area contributed by atoms with Crippen molar-refractivity contribution in [3.8, 4) is 5.75 Å². The molecule has 99 heavy (non-hydrogen) atoms. The number of carbonyl (C=O) groups is 12. The topological polar surface area (TPSA) is 531 Å². The average molecular weight is 1370 g/mol. The number of nitrogens with zero attached hydrogens (tertiary/aromatic N) is 3. The number of guanidine groups is 1. The number of imidazole rings is 1. The second-order valence-corrected chi connectivity index (χ2v) is 24.9. The minimum absolute atomic E-state index is 0.00902. The monoisotopic (exact) mass is 1370 g/mol. The average Bonchev–Trinajstić information content (AvgIpc) is 1.78. The molecular weight excluding hydrogens is 1280 g/mol. The molecule has 2 aliphatic rings. The summed E-state index contributed by atoms with van der Waals surface area (Å²) < 4.78 is 4.92. The van der Waals surface area contributed by atoms with Crippen molar-refractivity contribution in [3.05, 3.63) is 120 Å². The number of nitrogens with one attached hydrogen (secondary N) is 11. The molecule has 3 aromatic carbocycles. The first-order valence-corrected chi connectivity index (χ1v) is 32.3. The number of ketones is 1. The first-order valence-electron chi connectivity index (χ1n) is 32.3. The number of ether oxygens (including phenoxy) is 1. The Morgan fingerprint density at radius 3 is 1.72 bits per heavy atom. The highest BCUT2D eigenvalue weighted by atomic mass is 16.6. The molecule has 5 heterocycles. The van der Waals surface area contributed by atoms with E-state index in [2.05, 4.69) is 67.5 Å². The zero-order valence-electron chi connectivity index (χ0n) is 54.8. The Bertz CT molecular complexity index is 3960. The van der Waals surface area contributed by atoms with E-state index >= 15 is 9.59 Å². The minimum Gasteiger partial charge on any atom is -0.508 e. The Hall–Kier alpha value is -11.2. The lowest BCUT2D eigenvalue weighted by molar-refractivity contribution is -0.173. The van der Waals surface area contributed by atoms with Crippen LogP contribution in [0.25, 0.3) is 21.8 Å². The molecule has 3 aromatic heterocycles. The molecule has 0 aliphatic carbocycles. The van der Waals surface area contributed by atoms with Crippen molar-refractivity contribution >= 4 is 98.6 Å². The van der Waals surface area contributed by atoms with Gasteiger partial charge in [-0.15, -0.1) is 0 Å². The Balaban J connectivity index is 1.06. The summed E-state index contributed by atoms with van der Waals surface area (Å²) in [7, 11) is 0. The van der Waals surface area contributed by atoms with Crippen LogP contribution < -0.4 is 65.5 Å². The second-order valence-electron chi connectivity index (χ2n) is 24.9. The van der Waals surface area contributed by atoms with E-state index in [-0.39, 0.29) is 107 Å². The number of Topliss-reactive ketones (excluding diaryl/α,β-unsaturated/α-hetero) is 1. The lowest BCUT2D eigenvalue weighted by Gasteiger charge is -2.33. The van der Waals surface area contributed by atoms with Crippen LogP contribution in [0.5, 0.6) is 5.75 Å². The van der Waals surface area contributed by atoms with Gasteiger partial charge in [-0.05, 0) is 85.4 Å². The SMILES string of the molecule is CC(=O)OC(N)(C(N)=O)C(=O)[C@@H]1CCCN1C(=O)[C@H](CCCN=C(N)N)NC(=O)[C@H](CC(C)C)NC(=O)[C@@H](Cc1c[nH]c2ccccc12)NC(=O)[C@@H](Cc1ccc(O)cc1)NC(=O)[C@@H](CO)NC(=O)[C@@H](Cc1c[nH]c2ccccc12)NC(=O)[C@@H](Cc1cnc[nH]1)NC(=O)[C@H]1CCC(=O)N1. The molecule has 2 aliphatic heterocycles. The Labute approximate surface area is 567 Å². The number of phenols is 1. The van der Waals surface area contributed by atoms with Crippen LogP contribution in [0.1, 0.15) is 88.1 Å². The van der Waals surface area contributed by atoms with Crippen LogP contribution in [0.2, 0.25) is 0 Å². The van der Waals surface area contributed by atoms with Gasteiger partial charge in [0, 0.05) is 98.2 Å². The maximum Gasteiger partial charge on any atom is 0.305 e. The molecule has 0 radical (unpaired) electrons. The first kappa shape index (κ1) is 73.6. The highest BCUT2D eigenvalue weighted by Gasteiger charge is 2.52. The largest absolute Gasteiger partial charge is 0.508 e. The molecule has 1 unspecified atom stereocenters. The van der Waals surface area contributed by atoms with Gasteiger partial charge in [-0.3, -0.25) is 68.3 Å². The smallest absolute Gasteiger partial charge is 0.305 e. The van der Waals surface area contributed by atoms with E-state index in [0.29, 0.717) is 44.2 Å². The van der Waals surface area contributed by atoms with Crippen LogP contribution >= 0.6 is 0 Å². The number of aromatic amines is 3. The number of fused-ring (bicyclic) bond motifs is 2. The number of rotatable bonds is 34. The molecule has 0 saturated carbocycles. The molecule has 10 atom stereocenters. The molecule has 6 aromatic rings. The number of phenolic OH excluding ortho intramolecular Hbond substituents is 1. The van der Waals surface area contributed by atoms with Gasteiger partial charge in [0.05, 0.1) is 19.0 Å². The Morgan fingerprint density at radius 2 is 1.20 bits per heavy atom. The number of H-pyrrole nitrogens is 3. The van der Waals surface area contributed by atoms with Crippen molar-refractivity contribution in [2.45, 2.75) is 152 Å². The van der Waals surface area contributed by atoms with E-state index in [1.807, 2.05) is 0 Å². The fourth-order valence-corrected chi connectivity index (χ4v) is 11.9. The first-order chi connectivity index (χ1) is 47.2. The molecule has 0 bridgehead atoms. The number of benzene rings is 3. The zero-order valence-corrected chi connectivity index (χ0v) is 54.8. The fraction of sp³-hybridized carbons (Fsp3) is 0.424. The van der Waals surface area contributed by atoms with Gasteiger partial charge in [0.1, 0.15) is 54.1 Å². The van der Waals surface area contributed by atoms with Gasteiger partial charge < -0.3 is 94.5 Å². The molecule has 10 amide bonds. The summed E-state index contributed by atoms with van der Waals surface area (Å²) in [6, 6.07) is 6.70. The Kier molecular flexibility index (Phi) is 25.0. The third-order valence-electron chi connectivity index (χ3n) is 17.0. The normalized spacial score (nSPS) is 17.1. The number of aromatic nitrogens is 4. The zero-order chi connectivity index (χ0) is 71.7. The van der Waals surface area contributed by atoms with E-state index < -0.39 is 132 Å². The van der Waals surface area contributed by atoms with Crippen molar-refractivity contribution < 1.29 is 72.5 Å². The molecule has 0 spiro atoms. The number of carbonyl (C=O) groups excluding carboxylic acids is 12. The molecular formula is C66H84N18O15. The van der Waals surface area contributed by atoms with Crippen LogP contribution in [0, 0.1) is 5.92 Å². The molecule has 2 saturated heterocycles. The van der Waals surface area contributed by atoms with Gasteiger partial charge in [0.25, 0.3) is 5.91 Å². The van der Waals surface area contributed by atoms with Gasteiger partial charge in [-0.2, -0.15) is 0 Å². The maximum atomic E-state index is 15.2. The van der Waals surface area contributed by atoms with Gasteiger partial charge in [0.15, 0.2) is 5.96 Å². The van der Waals surface area contributed by atoms with Crippen molar-refractivity contribution in [2.75, 3.05) is 19.7 Å².